The van der Waals surface area contributed by atoms with Crippen LogP contribution in [0.25, 0.3) is 17.1 Å². The Morgan fingerprint density at radius 3 is 2.62 bits per heavy atom. The molecule has 0 unspecified atom stereocenters. The van der Waals surface area contributed by atoms with Gasteiger partial charge in [-0.1, -0.05) is 17.3 Å². The predicted molar refractivity (Wildman–Crippen MR) is 107 cm³/mol. The first-order valence-electron chi connectivity index (χ1n) is 9.11. The van der Waals surface area contributed by atoms with Gasteiger partial charge in [0.25, 0.3) is 0 Å². The van der Waals surface area contributed by atoms with E-state index in [0.717, 1.165) is 22.7 Å². The van der Waals surface area contributed by atoms with Crippen molar-refractivity contribution < 1.29 is 13.7 Å². The minimum absolute atomic E-state index is 0.258. The molecule has 0 saturated carbocycles. The van der Waals surface area contributed by atoms with Crippen molar-refractivity contribution in [1.29, 1.82) is 0 Å². The quantitative estimate of drug-likeness (QED) is 0.518. The van der Waals surface area contributed by atoms with Crippen LogP contribution in [0.15, 0.2) is 59.3 Å². The van der Waals surface area contributed by atoms with Crippen molar-refractivity contribution in [3.8, 4) is 22.8 Å². The van der Waals surface area contributed by atoms with Gasteiger partial charge in [-0.05, 0) is 50.2 Å². The largest absolute Gasteiger partial charge is 0.497 e. The second-order valence-corrected chi connectivity index (χ2v) is 6.56. The van der Waals surface area contributed by atoms with Gasteiger partial charge in [-0.3, -0.25) is 0 Å². The van der Waals surface area contributed by atoms with Crippen LogP contribution in [0.5, 0.6) is 5.75 Å². The number of hydrogen-bond acceptors (Lipinski definition) is 6. The first kappa shape index (κ1) is 18.7. The number of para-hydroxylation sites is 1. The van der Waals surface area contributed by atoms with Gasteiger partial charge in [-0.15, -0.1) is 0 Å². The smallest absolute Gasteiger partial charge is 0.249 e. The van der Waals surface area contributed by atoms with E-state index in [9.17, 15) is 4.39 Å². The highest BCUT2D eigenvalue weighted by Crippen LogP contribution is 2.26. The first-order chi connectivity index (χ1) is 14.1. The Morgan fingerprint density at radius 1 is 1.14 bits per heavy atom. The normalized spacial score (nSPS) is 12.0. The monoisotopic (exact) mass is 393 g/mol. The fourth-order valence-corrected chi connectivity index (χ4v) is 2.98. The van der Waals surface area contributed by atoms with Gasteiger partial charge in [-0.2, -0.15) is 10.1 Å². The Balaban J connectivity index is 1.52. The van der Waals surface area contributed by atoms with Gasteiger partial charge in [0.15, 0.2) is 0 Å². The molecule has 0 saturated heterocycles. The fourth-order valence-electron chi connectivity index (χ4n) is 2.98. The van der Waals surface area contributed by atoms with Crippen LogP contribution in [0, 0.1) is 12.7 Å². The van der Waals surface area contributed by atoms with Crippen molar-refractivity contribution in [2.24, 2.45) is 0 Å². The number of ether oxygens (including phenoxy) is 1. The first-order valence-corrected chi connectivity index (χ1v) is 9.11. The average Bonchev–Trinajstić information content (AvgIpc) is 3.37. The molecule has 4 rings (SSSR count). The number of nitrogens with zero attached hydrogens (tertiary/aromatic N) is 4. The molecule has 29 heavy (non-hydrogen) atoms. The lowest BCUT2D eigenvalue weighted by molar-refractivity contribution is 0.368. The molecule has 1 atom stereocenters. The second kappa shape index (κ2) is 7.75. The van der Waals surface area contributed by atoms with E-state index < -0.39 is 0 Å². The molecular weight excluding hydrogens is 373 g/mol. The van der Waals surface area contributed by atoms with Crippen LogP contribution in [-0.2, 0) is 0 Å². The molecule has 8 heteroatoms. The van der Waals surface area contributed by atoms with E-state index in [-0.39, 0.29) is 11.9 Å². The highest BCUT2D eigenvalue weighted by atomic mass is 19.1. The van der Waals surface area contributed by atoms with Crippen LogP contribution >= 0.6 is 0 Å². The van der Waals surface area contributed by atoms with Crippen molar-refractivity contribution in [3.63, 3.8) is 0 Å². The second-order valence-electron chi connectivity index (χ2n) is 6.56. The van der Waals surface area contributed by atoms with Crippen LogP contribution in [-0.4, -0.2) is 27.0 Å². The molecule has 0 spiro atoms. The van der Waals surface area contributed by atoms with Gasteiger partial charge in [0.2, 0.25) is 11.7 Å². The van der Waals surface area contributed by atoms with E-state index in [0.29, 0.717) is 17.4 Å². The predicted octanol–water partition coefficient (Wildman–Crippen LogP) is 4.55. The van der Waals surface area contributed by atoms with E-state index in [4.69, 9.17) is 9.26 Å². The number of hydrogen-bond donors (Lipinski definition) is 1. The van der Waals surface area contributed by atoms with Gasteiger partial charge < -0.3 is 14.6 Å². The summed E-state index contributed by atoms with van der Waals surface area (Å²) in [6.07, 6.45) is 1.65. The third-order valence-corrected chi connectivity index (χ3v) is 4.62. The van der Waals surface area contributed by atoms with Crippen LogP contribution in [0.2, 0.25) is 0 Å². The molecule has 4 aromatic rings. The maximum absolute atomic E-state index is 14.1. The fraction of sp³-hybridized carbons (Fsp3) is 0.190. The molecule has 0 radical (unpaired) electrons. The lowest BCUT2D eigenvalue weighted by Crippen LogP contribution is -2.08. The lowest BCUT2D eigenvalue weighted by atomic mass is 10.2. The summed E-state index contributed by atoms with van der Waals surface area (Å²) in [6.45, 7) is 3.77. The minimum atomic E-state index is -0.334. The Bertz CT molecular complexity index is 1120. The van der Waals surface area contributed by atoms with Crippen molar-refractivity contribution in [1.82, 2.24) is 19.9 Å². The zero-order valence-electron chi connectivity index (χ0n) is 16.3. The van der Waals surface area contributed by atoms with Crippen LogP contribution in [0.1, 0.15) is 24.6 Å². The summed E-state index contributed by atoms with van der Waals surface area (Å²) in [5, 5.41) is 11.6. The molecule has 2 aromatic carbocycles. The third kappa shape index (κ3) is 3.69. The summed E-state index contributed by atoms with van der Waals surface area (Å²) in [5.74, 6) is 1.36. The van der Waals surface area contributed by atoms with Gasteiger partial charge >= 0.3 is 0 Å². The molecule has 0 aliphatic carbocycles. The SMILES string of the molecule is COc1ccc(-c2noc([C@@H](C)Nc3cnn(-c4ccccc4F)c3C)n2)cc1. The Labute approximate surface area is 167 Å². The number of halogens is 1. The van der Waals surface area contributed by atoms with Crippen molar-refractivity contribution in [2.75, 3.05) is 12.4 Å². The van der Waals surface area contributed by atoms with E-state index in [2.05, 4.69) is 20.6 Å². The topological polar surface area (TPSA) is 78.0 Å². The number of nitrogens with one attached hydrogen (secondary N) is 1. The molecule has 2 heterocycles. The summed E-state index contributed by atoms with van der Waals surface area (Å²) < 4.78 is 26.2. The highest BCUT2D eigenvalue weighted by molar-refractivity contribution is 5.56. The van der Waals surface area contributed by atoms with Gasteiger partial charge in [0.05, 0.1) is 24.7 Å². The minimum Gasteiger partial charge on any atom is -0.497 e. The van der Waals surface area contributed by atoms with E-state index in [1.54, 1.807) is 36.2 Å². The molecule has 0 bridgehead atoms. The maximum atomic E-state index is 14.1. The summed E-state index contributed by atoms with van der Waals surface area (Å²) in [6, 6.07) is 13.7. The zero-order valence-corrected chi connectivity index (χ0v) is 16.3. The number of benzene rings is 2. The van der Waals surface area contributed by atoms with Crippen molar-refractivity contribution in [2.45, 2.75) is 19.9 Å². The van der Waals surface area contributed by atoms with Crippen LogP contribution < -0.4 is 10.1 Å². The van der Waals surface area contributed by atoms with Crippen LogP contribution in [0.3, 0.4) is 0 Å². The van der Waals surface area contributed by atoms with Gasteiger partial charge in [0, 0.05) is 5.56 Å². The van der Waals surface area contributed by atoms with Gasteiger partial charge in [-0.25, -0.2) is 9.07 Å². The van der Waals surface area contributed by atoms with Crippen molar-refractivity contribution in [3.05, 3.63) is 72.1 Å². The molecule has 0 aliphatic rings. The Morgan fingerprint density at radius 2 is 1.90 bits per heavy atom. The summed E-state index contributed by atoms with van der Waals surface area (Å²) in [7, 11) is 1.62. The molecule has 1 N–H and O–H groups in total. The molecule has 2 aromatic heterocycles. The average molecular weight is 393 g/mol. The molecule has 148 valence electrons. The zero-order chi connectivity index (χ0) is 20.4. The number of anilines is 1. The summed E-state index contributed by atoms with van der Waals surface area (Å²) in [4.78, 5) is 4.47. The summed E-state index contributed by atoms with van der Waals surface area (Å²) in [5.41, 5.74) is 2.75. The lowest BCUT2D eigenvalue weighted by Gasteiger charge is -2.11. The number of methoxy groups -OCH3 is 1. The third-order valence-electron chi connectivity index (χ3n) is 4.62. The Hall–Kier alpha value is -3.68. The standard InChI is InChI=1S/C21H20FN5O2/c1-13(21-25-20(26-29-21)15-8-10-16(28-3)11-9-15)24-18-12-23-27(14(18)2)19-7-5-4-6-17(19)22/h4-13,24H,1-3H3/t13-/m1/s1. The number of rotatable bonds is 6. The van der Waals surface area contributed by atoms with E-state index in [1.807, 2.05) is 38.1 Å². The molecule has 7 nitrogen and oxygen atoms in total. The molecular formula is C21H20FN5O2. The van der Waals surface area contributed by atoms with E-state index in [1.165, 1.54) is 6.07 Å². The maximum Gasteiger partial charge on any atom is 0.249 e. The molecule has 0 fully saturated rings. The summed E-state index contributed by atoms with van der Waals surface area (Å²) >= 11 is 0. The molecule has 0 amide bonds. The highest BCUT2D eigenvalue weighted by Gasteiger charge is 2.18. The van der Waals surface area contributed by atoms with Crippen LogP contribution in [0.4, 0.5) is 10.1 Å². The molecule has 0 aliphatic heterocycles. The Kier molecular flexibility index (Phi) is 4.99. The van der Waals surface area contributed by atoms with Gasteiger partial charge in [0.1, 0.15) is 23.3 Å². The number of aromatic nitrogens is 4. The van der Waals surface area contributed by atoms with Crippen molar-refractivity contribution >= 4 is 5.69 Å². The van der Waals surface area contributed by atoms with E-state index >= 15 is 0 Å².